The molecule has 0 aliphatic carbocycles. The molecule has 2 rings (SSSR count). The van der Waals surface area contributed by atoms with E-state index in [0.717, 1.165) is 5.56 Å². The van der Waals surface area contributed by atoms with Crippen molar-refractivity contribution in [2.24, 2.45) is 0 Å². The average Bonchev–Trinajstić information content (AvgIpc) is 2.42. The maximum absolute atomic E-state index is 13.6. The molecule has 20 heavy (non-hydrogen) atoms. The first-order valence-electron chi connectivity index (χ1n) is 6.10. The van der Waals surface area contributed by atoms with Crippen LogP contribution in [0, 0.1) is 5.82 Å². The van der Waals surface area contributed by atoms with Gasteiger partial charge in [-0.05, 0) is 42.9 Å². The molecule has 0 saturated carbocycles. The molecule has 0 unspecified atom stereocenters. The highest BCUT2D eigenvalue weighted by Crippen LogP contribution is 2.18. The van der Waals surface area contributed by atoms with E-state index in [4.69, 9.17) is 0 Å². The Morgan fingerprint density at radius 3 is 2.80 bits per heavy atom. The van der Waals surface area contributed by atoms with Crippen LogP contribution in [0.15, 0.2) is 46.9 Å². The Balaban J connectivity index is 2.19. The second-order valence-electron chi connectivity index (χ2n) is 4.31. The van der Waals surface area contributed by atoms with Crippen molar-refractivity contribution in [1.29, 1.82) is 0 Å². The van der Waals surface area contributed by atoms with Crippen molar-refractivity contribution in [2.45, 2.75) is 6.54 Å². The number of amides is 1. The van der Waals surface area contributed by atoms with E-state index in [0.29, 0.717) is 16.7 Å². The van der Waals surface area contributed by atoms with E-state index < -0.39 is 11.7 Å². The molecule has 0 bridgehead atoms. The van der Waals surface area contributed by atoms with Crippen molar-refractivity contribution in [3.63, 3.8) is 0 Å². The summed E-state index contributed by atoms with van der Waals surface area (Å²) in [4.78, 5) is 12.1. The van der Waals surface area contributed by atoms with E-state index in [-0.39, 0.29) is 5.56 Å². The smallest absolute Gasteiger partial charge is 0.258 e. The van der Waals surface area contributed by atoms with Gasteiger partial charge in [-0.25, -0.2) is 4.39 Å². The highest BCUT2D eigenvalue weighted by Gasteiger charge is 2.12. The predicted octanol–water partition coefficient (Wildman–Crippen LogP) is 3.56. The van der Waals surface area contributed by atoms with Crippen LogP contribution in [-0.4, -0.2) is 13.0 Å². The molecule has 104 valence electrons. The minimum atomic E-state index is -0.544. The summed E-state index contributed by atoms with van der Waals surface area (Å²) in [6.07, 6.45) is 0. The quantitative estimate of drug-likeness (QED) is 0.896. The number of anilines is 1. The first-order chi connectivity index (χ1) is 9.60. The van der Waals surface area contributed by atoms with Gasteiger partial charge in [0.2, 0.25) is 0 Å². The number of hydrogen-bond acceptors (Lipinski definition) is 2. The van der Waals surface area contributed by atoms with Crippen molar-refractivity contribution in [2.75, 3.05) is 12.4 Å². The standard InChI is InChI=1S/C15H14BrFN2O/c1-18-9-10-3-2-4-12(7-10)19-15(20)13-8-11(16)5-6-14(13)17/h2-8,18H,9H2,1H3,(H,19,20). The number of hydrogen-bond donors (Lipinski definition) is 2. The molecular formula is C15H14BrFN2O. The first-order valence-corrected chi connectivity index (χ1v) is 6.89. The van der Waals surface area contributed by atoms with Gasteiger partial charge in [0.25, 0.3) is 5.91 Å². The van der Waals surface area contributed by atoms with Gasteiger partial charge in [-0.3, -0.25) is 4.79 Å². The fourth-order valence-electron chi connectivity index (χ4n) is 1.83. The normalized spacial score (nSPS) is 10.3. The Hall–Kier alpha value is -1.72. The average molecular weight is 337 g/mol. The summed E-state index contributed by atoms with van der Waals surface area (Å²) in [6.45, 7) is 0.703. The van der Waals surface area contributed by atoms with Crippen LogP contribution in [0.2, 0.25) is 0 Å². The van der Waals surface area contributed by atoms with Crippen LogP contribution in [-0.2, 0) is 6.54 Å². The van der Waals surface area contributed by atoms with Gasteiger partial charge < -0.3 is 10.6 Å². The SMILES string of the molecule is CNCc1cccc(NC(=O)c2cc(Br)ccc2F)c1. The van der Waals surface area contributed by atoms with Crippen LogP contribution in [0.4, 0.5) is 10.1 Å². The van der Waals surface area contributed by atoms with Crippen LogP contribution in [0.25, 0.3) is 0 Å². The zero-order valence-corrected chi connectivity index (χ0v) is 12.5. The molecule has 1 amide bonds. The summed E-state index contributed by atoms with van der Waals surface area (Å²) >= 11 is 3.23. The fourth-order valence-corrected chi connectivity index (χ4v) is 2.19. The molecule has 2 N–H and O–H groups in total. The van der Waals surface area contributed by atoms with Gasteiger partial charge >= 0.3 is 0 Å². The van der Waals surface area contributed by atoms with E-state index >= 15 is 0 Å². The predicted molar refractivity (Wildman–Crippen MR) is 81.3 cm³/mol. The second-order valence-corrected chi connectivity index (χ2v) is 5.22. The Bertz CT molecular complexity index is 631. The van der Waals surface area contributed by atoms with Crippen molar-refractivity contribution >= 4 is 27.5 Å². The summed E-state index contributed by atoms with van der Waals surface area (Å²) in [5, 5.41) is 5.73. The van der Waals surface area contributed by atoms with Crippen LogP contribution < -0.4 is 10.6 Å². The third-order valence-corrected chi connectivity index (χ3v) is 3.23. The molecule has 3 nitrogen and oxygen atoms in total. The fraction of sp³-hybridized carbons (Fsp3) is 0.133. The van der Waals surface area contributed by atoms with Gasteiger partial charge in [0.15, 0.2) is 0 Å². The molecule has 0 heterocycles. The molecule has 0 aliphatic rings. The van der Waals surface area contributed by atoms with E-state index in [2.05, 4.69) is 26.6 Å². The summed E-state index contributed by atoms with van der Waals surface area (Å²) in [5.41, 5.74) is 1.69. The Kier molecular flexibility index (Phi) is 4.87. The molecule has 5 heteroatoms. The van der Waals surface area contributed by atoms with Gasteiger partial charge in [-0.15, -0.1) is 0 Å². The van der Waals surface area contributed by atoms with E-state index in [9.17, 15) is 9.18 Å². The summed E-state index contributed by atoms with van der Waals surface area (Å²) < 4.78 is 14.3. The number of carbonyl (C=O) groups excluding carboxylic acids is 1. The van der Waals surface area contributed by atoms with Gasteiger partial charge in [-0.2, -0.15) is 0 Å². The molecule has 2 aromatic rings. The Labute approximate surface area is 125 Å². The molecule has 0 aliphatic heterocycles. The number of nitrogens with one attached hydrogen (secondary N) is 2. The monoisotopic (exact) mass is 336 g/mol. The molecule has 0 saturated heterocycles. The van der Waals surface area contributed by atoms with Crippen LogP contribution in [0.1, 0.15) is 15.9 Å². The first kappa shape index (κ1) is 14.7. The molecule has 0 atom stereocenters. The molecular weight excluding hydrogens is 323 g/mol. The summed E-state index contributed by atoms with van der Waals surface area (Å²) in [5.74, 6) is -1.01. The third kappa shape index (κ3) is 3.65. The van der Waals surface area contributed by atoms with E-state index in [1.54, 1.807) is 12.1 Å². The highest BCUT2D eigenvalue weighted by atomic mass is 79.9. The topological polar surface area (TPSA) is 41.1 Å². The van der Waals surface area contributed by atoms with Gasteiger partial charge in [0.05, 0.1) is 5.56 Å². The van der Waals surface area contributed by atoms with Crippen LogP contribution >= 0.6 is 15.9 Å². The van der Waals surface area contributed by atoms with Gasteiger partial charge in [-0.1, -0.05) is 28.1 Å². The van der Waals surface area contributed by atoms with Crippen LogP contribution in [0.5, 0.6) is 0 Å². The zero-order chi connectivity index (χ0) is 14.5. The minimum Gasteiger partial charge on any atom is -0.322 e. The lowest BCUT2D eigenvalue weighted by Gasteiger charge is -2.08. The van der Waals surface area contributed by atoms with E-state index in [1.165, 1.54) is 12.1 Å². The molecule has 2 aromatic carbocycles. The van der Waals surface area contributed by atoms with E-state index in [1.807, 2.05) is 25.2 Å². The lowest BCUT2D eigenvalue weighted by molar-refractivity contribution is 0.102. The highest BCUT2D eigenvalue weighted by molar-refractivity contribution is 9.10. The molecule has 0 aromatic heterocycles. The number of benzene rings is 2. The maximum atomic E-state index is 13.6. The zero-order valence-electron chi connectivity index (χ0n) is 10.9. The number of carbonyl (C=O) groups is 1. The molecule has 0 fully saturated rings. The Morgan fingerprint density at radius 1 is 1.25 bits per heavy atom. The van der Waals surface area contributed by atoms with Gasteiger partial charge in [0.1, 0.15) is 5.82 Å². The maximum Gasteiger partial charge on any atom is 0.258 e. The molecule has 0 radical (unpaired) electrons. The van der Waals surface area contributed by atoms with Gasteiger partial charge in [0, 0.05) is 16.7 Å². The van der Waals surface area contributed by atoms with Crippen molar-refractivity contribution in [3.05, 3.63) is 63.9 Å². The van der Waals surface area contributed by atoms with Crippen LogP contribution in [0.3, 0.4) is 0 Å². The van der Waals surface area contributed by atoms with Crippen molar-refractivity contribution in [3.8, 4) is 0 Å². The number of rotatable bonds is 4. The lowest BCUT2D eigenvalue weighted by Crippen LogP contribution is -2.14. The van der Waals surface area contributed by atoms with Crippen molar-refractivity contribution in [1.82, 2.24) is 5.32 Å². The minimum absolute atomic E-state index is 0.0124. The largest absolute Gasteiger partial charge is 0.322 e. The Morgan fingerprint density at radius 2 is 2.05 bits per heavy atom. The molecule has 0 spiro atoms. The summed E-state index contributed by atoms with van der Waals surface area (Å²) in [6, 6.07) is 11.7. The number of halogens is 2. The third-order valence-electron chi connectivity index (χ3n) is 2.74. The summed E-state index contributed by atoms with van der Waals surface area (Å²) in [7, 11) is 1.85. The van der Waals surface area contributed by atoms with Crippen molar-refractivity contribution < 1.29 is 9.18 Å². The lowest BCUT2D eigenvalue weighted by atomic mass is 10.1. The second kappa shape index (κ2) is 6.63.